The number of carbonyl (C=O) groups excluding carboxylic acids is 1. The quantitative estimate of drug-likeness (QED) is 0.473. The van der Waals surface area contributed by atoms with E-state index in [0.29, 0.717) is 11.8 Å². The smallest absolute Gasteiger partial charge is 0.304 e. The van der Waals surface area contributed by atoms with Crippen LogP contribution in [0.4, 0.5) is 11.4 Å². The number of thioether (sulfide) groups is 1. The summed E-state index contributed by atoms with van der Waals surface area (Å²) in [7, 11) is 0. The van der Waals surface area contributed by atoms with Crippen molar-refractivity contribution in [1.29, 1.82) is 0 Å². The molecule has 0 aliphatic rings. The Kier molecular flexibility index (Phi) is 5.62. The van der Waals surface area contributed by atoms with E-state index in [9.17, 15) is 14.9 Å². The zero-order valence-electron chi connectivity index (χ0n) is 10.9. The fourth-order valence-electron chi connectivity index (χ4n) is 1.55. The van der Waals surface area contributed by atoms with Gasteiger partial charge in [-0.3, -0.25) is 14.9 Å². The summed E-state index contributed by atoms with van der Waals surface area (Å²) in [5.74, 6) is -0.465. The summed E-state index contributed by atoms with van der Waals surface area (Å²) in [4.78, 5) is 22.2. The van der Waals surface area contributed by atoms with Crippen molar-refractivity contribution in [2.45, 2.75) is 18.6 Å². The Labute approximate surface area is 115 Å². The average Bonchev–Trinajstić information content (AvgIpc) is 2.37. The maximum Gasteiger partial charge on any atom is 0.304 e. The molecule has 1 unspecified atom stereocenters. The fourth-order valence-corrected chi connectivity index (χ4v) is 1.90. The highest BCUT2D eigenvalue weighted by Crippen LogP contribution is 2.25. The van der Waals surface area contributed by atoms with Crippen molar-refractivity contribution in [2.75, 3.05) is 18.5 Å². The molecule has 0 aliphatic heterocycles. The van der Waals surface area contributed by atoms with Gasteiger partial charge in [0.25, 0.3) is 5.91 Å². The minimum Gasteiger partial charge on any atom is -0.393 e. The van der Waals surface area contributed by atoms with E-state index in [0.717, 1.165) is 6.42 Å². The number of nitro groups is 1. The van der Waals surface area contributed by atoms with E-state index < -0.39 is 10.8 Å². The largest absolute Gasteiger partial charge is 0.393 e. The number of hydrogen-bond acceptors (Lipinski definition) is 5. The SMILES string of the molecule is CSC(C)CCNC(=O)c1cccc(N)c1[N+](=O)[O-]. The molecule has 1 atom stereocenters. The molecular weight excluding hydrogens is 266 g/mol. The number of nitrogens with zero attached hydrogens (tertiary/aromatic N) is 1. The van der Waals surface area contributed by atoms with Gasteiger partial charge in [-0.1, -0.05) is 13.0 Å². The summed E-state index contributed by atoms with van der Waals surface area (Å²) in [6.07, 6.45) is 2.80. The van der Waals surface area contributed by atoms with Crippen LogP contribution in [0.5, 0.6) is 0 Å². The van der Waals surface area contributed by atoms with Gasteiger partial charge >= 0.3 is 5.69 Å². The van der Waals surface area contributed by atoms with Gasteiger partial charge in [0.05, 0.1) is 4.92 Å². The van der Waals surface area contributed by atoms with Crippen LogP contribution in [0.3, 0.4) is 0 Å². The third kappa shape index (κ3) is 4.13. The van der Waals surface area contributed by atoms with Crippen LogP contribution in [0.2, 0.25) is 0 Å². The van der Waals surface area contributed by atoms with Crippen LogP contribution in [-0.4, -0.2) is 28.9 Å². The number of nitro benzene ring substituents is 1. The first-order chi connectivity index (χ1) is 8.97. The molecule has 0 fully saturated rings. The summed E-state index contributed by atoms with van der Waals surface area (Å²) in [6, 6.07) is 4.34. The number of nitrogens with one attached hydrogen (secondary N) is 1. The van der Waals surface area contributed by atoms with E-state index in [1.54, 1.807) is 11.8 Å². The van der Waals surface area contributed by atoms with Crippen LogP contribution in [0.25, 0.3) is 0 Å². The zero-order chi connectivity index (χ0) is 14.4. The van der Waals surface area contributed by atoms with Crippen molar-refractivity contribution < 1.29 is 9.72 Å². The molecule has 6 nitrogen and oxygen atoms in total. The fraction of sp³-hybridized carbons (Fsp3) is 0.417. The molecule has 0 saturated heterocycles. The molecule has 0 saturated carbocycles. The molecule has 0 aromatic heterocycles. The van der Waals surface area contributed by atoms with Crippen LogP contribution in [0, 0.1) is 10.1 Å². The van der Waals surface area contributed by atoms with E-state index in [2.05, 4.69) is 12.2 Å². The van der Waals surface area contributed by atoms with Crippen molar-refractivity contribution in [3.63, 3.8) is 0 Å². The lowest BCUT2D eigenvalue weighted by molar-refractivity contribution is -0.384. The third-order valence-electron chi connectivity index (χ3n) is 2.73. The first-order valence-corrected chi connectivity index (χ1v) is 7.10. The lowest BCUT2D eigenvalue weighted by Gasteiger charge is -2.09. The lowest BCUT2D eigenvalue weighted by Crippen LogP contribution is -2.26. The predicted molar refractivity (Wildman–Crippen MR) is 77.4 cm³/mol. The number of para-hydroxylation sites is 1. The minimum absolute atomic E-state index is 0.00167. The molecule has 1 aromatic rings. The van der Waals surface area contributed by atoms with Crippen molar-refractivity contribution in [1.82, 2.24) is 5.32 Å². The van der Waals surface area contributed by atoms with E-state index in [-0.39, 0.29) is 16.9 Å². The third-order valence-corrected chi connectivity index (χ3v) is 3.77. The van der Waals surface area contributed by atoms with E-state index >= 15 is 0 Å². The molecule has 0 aliphatic carbocycles. The Balaban J connectivity index is 2.77. The maximum absolute atomic E-state index is 11.9. The Hall–Kier alpha value is -1.76. The van der Waals surface area contributed by atoms with Crippen molar-refractivity contribution in [3.8, 4) is 0 Å². The van der Waals surface area contributed by atoms with Crippen molar-refractivity contribution in [3.05, 3.63) is 33.9 Å². The summed E-state index contributed by atoms with van der Waals surface area (Å²) in [6.45, 7) is 2.53. The first-order valence-electron chi connectivity index (χ1n) is 5.81. The summed E-state index contributed by atoms with van der Waals surface area (Å²) >= 11 is 1.70. The summed E-state index contributed by atoms with van der Waals surface area (Å²) in [5, 5.41) is 14.0. The number of anilines is 1. The van der Waals surface area contributed by atoms with Crippen molar-refractivity contribution in [2.24, 2.45) is 0 Å². The monoisotopic (exact) mass is 283 g/mol. The number of amides is 1. The van der Waals surface area contributed by atoms with Crippen LogP contribution < -0.4 is 11.1 Å². The van der Waals surface area contributed by atoms with Crippen LogP contribution in [0.1, 0.15) is 23.7 Å². The number of hydrogen-bond donors (Lipinski definition) is 2. The summed E-state index contributed by atoms with van der Waals surface area (Å²) < 4.78 is 0. The van der Waals surface area contributed by atoms with Gasteiger partial charge in [0.1, 0.15) is 11.3 Å². The molecule has 0 bridgehead atoms. The number of benzene rings is 1. The van der Waals surface area contributed by atoms with Gasteiger partial charge < -0.3 is 11.1 Å². The van der Waals surface area contributed by atoms with E-state index in [1.165, 1.54) is 18.2 Å². The molecule has 1 rings (SSSR count). The van der Waals surface area contributed by atoms with Crippen LogP contribution >= 0.6 is 11.8 Å². The Morgan fingerprint density at radius 1 is 1.58 bits per heavy atom. The molecule has 3 N–H and O–H groups in total. The van der Waals surface area contributed by atoms with Gasteiger partial charge in [0, 0.05) is 11.8 Å². The number of nitrogen functional groups attached to an aromatic ring is 1. The predicted octanol–water partition coefficient (Wildman–Crippen LogP) is 2.05. The molecule has 104 valence electrons. The van der Waals surface area contributed by atoms with Crippen LogP contribution in [-0.2, 0) is 0 Å². The number of rotatable bonds is 6. The topological polar surface area (TPSA) is 98.3 Å². The Morgan fingerprint density at radius 2 is 2.26 bits per heavy atom. The highest BCUT2D eigenvalue weighted by molar-refractivity contribution is 7.99. The summed E-state index contributed by atoms with van der Waals surface area (Å²) in [5.41, 5.74) is 5.20. The lowest BCUT2D eigenvalue weighted by atomic mass is 10.1. The van der Waals surface area contributed by atoms with Gasteiger partial charge in [-0.25, -0.2) is 0 Å². The van der Waals surface area contributed by atoms with E-state index in [4.69, 9.17) is 5.73 Å². The molecule has 1 aromatic carbocycles. The van der Waals surface area contributed by atoms with Gasteiger partial charge in [0.2, 0.25) is 0 Å². The van der Waals surface area contributed by atoms with Crippen molar-refractivity contribution >= 4 is 29.0 Å². The first kappa shape index (κ1) is 15.3. The highest BCUT2D eigenvalue weighted by atomic mass is 32.2. The second-order valence-corrected chi connectivity index (χ2v) is 5.37. The molecule has 1 amide bonds. The highest BCUT2D eigenvalue weighted by Gasteiger charge is 2.22. The second kappa shape index (κ2) is 6.98. The minimum atomic E-state index is -0.630. The Morgan fingerprint density at radius 3 is 2.84 bits per heavy atom. The molecule has 7 heteroatoms. The normalized spacial score (nSPS) is 11.9. The Bertz CT molecular complexity index is 479. The molecule has 19 heavy (non-hydrogen) atoms. The molecule has 0 spiro atoms. The number of carbonyl (C=O) groups is 1. The maximum atomic E-state index is 11.9. The van der Waals surface area contributed by atoms with Gasteiger partial charge in [0.15, 0.2) is 0 Å². The molecule has 0 radical (unpaired) electrons. The van der Waals surface area contributed by atoms with E-state index in [1.807, 2.05) is 6.26 Å². The second-order valence-electron chi connectivity index (χ2n) is 4.09. The zero-order valence-corrected chi connectivity index (χ0v) is 11.7. The van der Waals surface area contributed by atoms with Crippen LogP contribution in [0.15, 0.2) is 18.2 Å². The molecular formula is C12H17N3O3S. The molecule has 0 heterocycles. The van der Waals surface area contributed by atoms with Gasteiger partial charge in [-0.15, -0.1) is 0 Å². The number of nitrogens with two attached hydrogens (primary N) is 1. The van der Waals surface area contributed by atoms with Gasteiger partial charge in [-0.2, -0.15) is 11.8 Å². The standard InChI is InChI=1S/C12H17N3O3S/c1-8(19-2)6-7-14-12(16)9-4-3-5-10(13)11(9)15(17)18/h3-5,8H,6-7,13H2,1-2H3,(H,14,16). The average molecular weight is 283 g/mol. The van der Waals surface area contributed by atoms with Gasteiger partial charge in [-0.05, 0) is 24.8 Å².